The molecule has 5 rings (SSSR count). The standard InChI is InChI=1S/C25H23F3N6O/c1-14(7-22-31-30-13-33(22)3)16-5-4-6-18(8-16)34-12-20-19(24(34)35)9-17(10-21(20)25(26,27)28)23-15(2)11-29-32-23/h4-6,8-11,13-14H,7,12H2,1-3H3,(H,29,32)/t14-/m1/s1. The average Bonchev–Trinajstić information content (AvgIpc) is 3.52. The number of benzene rings is 2. The maximum atomic E-state index is 14.0. The van der Waals surface area contributed by atoms with Crippen molar-refractivity contribution < 1.29 is 18.0 Å². The van der Waals surface area contributed by atoms with Gasteiger partial charge in [0.05, 0.1) is 24.0 Å². The molecule has 3 heterocycles. The summed E-state index contributed by atoms with van der Waals surface area (Å²) in [7, 11) is 1.87. The van der Waals surface area contributed by atoms with Crippen molar-refractivity contribution in [1.29, 1.82) is 0 Å². The number of H-pyrrole nitrogens is 1. The predicted molar refractivity (Wildman–Crippen MR) is 124 cm³/mol. The van der Waals surface area contributed by atoms with Crippen LogP contribution in [0.15, 0.2) is 48.9 Å². The first-order valence-corrected chi connectivity index (χ1v) is 11.1. The number of aromatic nitrogens is 5. The summed E-state index contributed by atoms with van der Waals surface area (Å²) < 4.78 is 44.0. The molecule has 0 fully saturated rings. The highest BCUT2D eigenvalue weighted by atomic mass is 19.4. The Morgan fingerprint density at radius 2 is 2.00 bits per heavy atom. The monoisotopic (exact) mass is 480 g/mol. The molecule has 0 saturated carbocycles. The molecule has 2 aromatic heterocycles. The van der Waals surface area contributed by atoms with E-state index in [0.717, 1.165) is 17.5 Å². The number of anilines is 1. The summed E-state index contributed by atoms with van der Waals surface area (Å²) in [5.41, 5.74) is 2.20. The zero-order valence-corrected chi connectivity index (χ0v) is 19.4. The molecule has 0 bridgehead atoms. The van der Waals surface area contributed by atoms with Crippen LogP contribution in [0.25, 0.3) is 11.3 Å². The Morgan fingerprint density at radius 3 is 2.66 bits per heavy atom. The summed E-state index contributed by atoms with van der Waals surface area (Å²) in [5, 5.41) is 14.7. The largest absolute Gasteiger partial charge is 0.416 e. The number of aromatic amines is 1. The van der Waals surface area contributed by atoms with Gasteiger partial charge in [0.25, 0.3) is 5.91 Å². The molecular weight excluding hydrogens is 457 g/mol. The van der Waals surface area contributed by atoms with Crippen LogP contribution in [0.4, 0.5) is 18.9 Å². The van der Waals surface area contributed by atoms with Gasteiger partial charge in [0.2, 0.25) is 0 Å². The lowest BCUT2D eigenvalue weighted by Gasteiger charge is -2.19. The molecule has 1 amide bonds. The first kappa shape index (κ1) is 22.8. The lowest BCUT2D eigenvalue weighted by atomic mass is 9.96. The van der Waals surface area contributed by atoms with Crippen LogP contribution in [-0.2, 0) is 26.2 Å². The third kappa shape index (κ3) is 4.09. The maximum absolute atomic E-state index is 14.0. The molecule has 7 nitrogen and oxygen atoms in total. The molecule has 1 atom stereocenters. The van der Waals surface area contributed by atoms with Gasteiger partial charge >= 0.3 is 6.18 Å². The molecule has 4 aromatic rings. The number of aryl methyl sites for hydroxylation is 2. The first-order chi connectivity index (χ1) is 16.6. The van der Waals surface area contributed by atoms with Gasteiger partial charge in [-0.2, -0.15) is 18.3 Å². The van der Waals surface area contributed by atoms with Crippen molar-refractivity contribution in [1.82, 2.24) is 25.0 Å². The molecule has 0 radical (unpaired) electrons. The van der Waals surface area contributed by atoms with Crippen molar-refractivity contribution in [2.45, 2.75) is 38.9 Å². The fraction of sp³-hybridized carbons (Fsp3) is 0.280. The number of halogens is 3. The molecule has 0 spiro atoms. The highest BCUT2D eigenvalue weighted by Gasteiger charge is 2.40. The Balaban J connectivity index is 1.50. The van der Waals surface area contributed by atoms with Gasteiger partial charge < -0.3 is 9.47 Å². The summed E-state index contributed by atoms with van der Waals surface area (Å²) in [6.07, 6.45) is -0.788. The number of fused-ring (bicyclic) bond motifs is 1. The van der Waals surface area contributed by atoms with Crippen molar-refractivity contribution in [3.63, 3.8) is 0 Å². The summed E-state index contributed by atoms with van der Waals surface area (Å²) in [6.45, 7) is 3.64. The molecule has 0 saturated heterocycles. The van der Waals surface area contributed by atoms with E-state index in [9.17, 15) is 18.0 Å². The van der Waals surface area contributed by atoms with Crippen LogP contribution in [0.1, 0.15) is 51.3 Å². The Hall–Kier alpha value is -3.95. The Kier molecular flexibility index (Phi) is 5.46. The number of hydrogen-bond acceptors (Lipinski definition) is 4. The molecule has 1 N–H and O–H groups in total. The number of rotatable bonds is 5. The van der Waals surface area contributed by atoms with Gasteiger partial charge in [-0.3, -0.25) is 9.89 Å². The van der Waals surface area contributed by atoms with Crippen LogP contribution in [-0.4, -0.2) is 30.9 Å². The van der Waals surface area contributed by atoms with Gasteiger partial charge in [-0.1, -0.05) is 19.1 Å². The van der Waals surface area contributed by atoms with Crippen molar-refractivity contribution >= 4 is 11.6 Å². The van der Waals surface area contributed by atoms with Gasteiger partial charge in [0.15, 0.2) is 0 Å². The molecule has 1 aliphatic heterocycles. The minimum Gasteiger partial charge on any atom is -0.321 e. The van der Waals surface area contributed by atoms with E-state index in [-0.39, 0.29) is 29.2 Å². The van der Waals surface area contributed by atoms with E-state index in [1.54, 1.807) is 19.3 Å². The van der Waals surface area contributed by atoms with Crippen molar-refractivity contribution in [2.75, 3.05) is 4.90 Å². The van der Waals surface area contributed by atoms with E-state index < -0.39 is 17.6 Å². The molecule has 35 heavy (non-hydrogen) atoms. The van der Waals surface area contributed by atoms with Crippen molar-refractivity contribution in [3.8, 4) is 11.3 Å². The summed E-state index contributed by atoms with van der Waals surface area (Å²) >= 11 is 0. The van der Waals surface area contributed by atoms with Crippen LogP contribution < -0.4 is 4.90 Å². The van der Waals surface area contributed by atoms with Crippen LogP contribution in [0.3, 0.4) is 0 Å². The number of amides is 1. The van der Waals surface area contributed by atoms with E-state index in [2.05, 4.69) is 20.4 Å². The molecule has 0 unspecified atom stereocenters. The van der Waals surface area contributed by atoms with Gasteiger partial charge in [0.1, 0.15) is 12.2 Å². The second kappa shape index (κ2) is 8.37. The second-order valence-electron chi connectivity index (χ2n) is 8.93. The Labute approximate surface area is 199 Å². The van der Waals surface area contributed by atoms with Crippen molar-refractivity contribution in [3.05, 3.63) is 82.6 Å². The second-order valence-corrected chi connectivity index (χ2v) is 8.93. The molecule has 10 heteroatoms. The van der Waals surface area contributed by atoms with E-state index in [1.807, 2.05) is 36.7 Å². The van der Waals surface area contributed by atoms with Crippen LogP contribution >= 0.6 is 0 Å². The average molecular weight is 480 g/mol. The van der Waals surface area contributed by atoms with E-state index >= 15 is 0 Å². The van der Waals surface area contributed by atoms with Crippen molar-refractivity contribution in [2.24, 2.45) is 7.05 Å². The molecule has 2 aromatic carbocycles. The zero-order valence-electron chi connectivity index (χ0n) is 19.4. The molecule has 180 valence electrons. The number of nitrogens with zero attached hydrogens (tertiary/aromatic N) is 5. The lowest BCUT2D eigenvalue weighted by Crippen LogP contribution is -2.23. The summed E-state index contributed by atoms with van der Waals surface area (Å²) in [4.78, 5) is 14.8. The third-order valence-electron chi connectivity index (χ3n) is 6.51. The number of carbonyl (C=O) groups is 1. The van der Waals surface area contributed by atoms with E-state index in [1.165, 1.54) is 17.2 Å². The van der Waals surface area contributed by atoms with Crippen LogP contribution in [0, 0.1) is 6.92 Å². The number of alkyl halides is 3. The number of nitrogens with one attached hydrogen (secondary N) is 1. The minimum atomic E-state index is -4.60. The fourth-order valence-corrected chi connectivity index (χ4v) is 4.54. The quantitative estimate of drug-likeness (QED) is 0.434. The number of carbonyl (C=O) groups excluding carboxylic acids is 1. The number of hydrogen-bond donors (Lipinski definition) is 1. The van der Waals surface area contributed by atoms with Crippen LogP contribution in [0.5, 0.6) is 0 Å². The van der Waals surface area contributed by atoms with E-state index in [4.69, 9.17) is 0 Å². The predicted octanol–water partition coefficient (Wildman–Crippen LogP) is 5.04. The first-order valence-electron chi connectivity index (χ1n) is 11.1. The van der Waals surface area contributed by atoms with E-state index in [0.29, 0.717) is 23.4 Å². The zero-order chi connectivity index (χ0) is 24.9. The summed E-state index contributed by atoms with van der Waals surface area (Å²) in [5.74, 6) is 0.435. The fourth-order valence-electron chi connectivity index (χ4n) is 4.54. The maximum Gasteiger partial charge on any atom is 0.416 e. The van der Waals surface area contributed by atoms with Crippen LogP contribution in [0.2, 0.25) is 0 Å². The van der Waals surface area contributed by atoms with Gasteiger partial charge in [-0.05, 0) is 53.8 Å². The van der Waals surface area contributed by atoms with Gasteiger partial charge in [-0.15, -0.1) is 10.2 Å². The normalized spacial score (nSPS) is 14.5. The van der Waals surface area contributed by atoms with Gasteiger partial charge in [-0.25, -0.2) is 0 Å². The summed E-state index contributed by atoms with van der Waals surface area (Å²) in [6, 6.07) is 9.98. The third-order valence-corrected chi connectivity index (χ3v) is 6.51. The smallest absolute Gasteiger partial charge is 0.321 e. The highest BCUT2D eigenvalue weighted by molar-refractivity contribution is 6.11. The minimum absolute atomic E-state index is 0.0130. The lowest BCUT2D eigenvalue weighted by molar-refractivity contribution is -0.138. The van der Waals surface area contributed by atoms with Gasteiger partial charge in [0, 0.05) is 30.3 Å². The highest BCUT2D eigenvalue weighted by Crippen LogP contribution is 2.41. The SMILES string of the molecule is Cc1cn[nH]c1-c1cc2c(c(C(F)(F)F)c1)CN(c1cccc([C@H](C)Cc3nncn3C)c1)C2=O. The molecular formula is C25H23F3N6O. The molecule has 1 aliphatic rings. The molecule has 0 aliphatic carbocycles. The Bertz CT molecular complexity index is 1420. The Morgan fingerprint density at radius 1 is 1.20 bits per heavy atom. The topological polar surface area (TPSA) is 79.7 Å².